The Hall–Kier alpha value is -3.66. The highest BCUT2D eigenvalue weighted by molar-refractivity contribution is 6.11. The first-order chi connectivity index (χ1) is 14.5. The van der Waals surface area contributed by atoms with E-state index >= 15 is 0 Å². The third-order valence-corrected chi connectivity index (χ3v) is 5.66. The molecular formula is C26H21N3O. The number of aromatic nitrogens is 3. The van der Waals surface area contributed by atoms with Gasteiger partial charge in [-0.05, 0) is 24.3 Å². The third-order valence-electron chi connectivity index (χ3n) is 5.66. The second-order valence-corrected chi connectivity index (χ2v) is 8.77. The van der Waals surface area contributed by atoms with Gasteiger partial charge in [0.15, 0.2) is 11.4 Å². The normalized spacial score (nSPS) is 12.5. The molecule has 0 unspecified atom stereocenters. The summed E-state index contributed by atoms with van der Waals surface area (Å²) >= 11 is 0. The molecule has 0 aliphatic heterocycles. The highest BCUT2D eigenvalue weighted by Gasteiger charge is 2.25. The van der Waals surface area contributed by atoms with Crippen molar-refractivity contribution in [2.24, 2.45) is 0 Å². The van der Waals surface area contributed by atoms with Crippen LogP contribution in [0, 0.1) is 0 Å². The first-order valence-electron chi connectivity index (χ1n) is 10.2. The molecule has 4 nitrogen and oxygen atoms in total. The maximum atomic E-state index is 6.33. The summed E-state index contributed by atoms with van der Waals surface area (Å²) in [4.78, 5) is 10.0. The summed E-state index contributed by atoms with van der Waals surface area (Å²) in [5.74, 6) is 1.59. The summed E-state index contributed by atoms with van der Waals surface area (Å²) in [5.41, 5.74) is 4.44. The Kier molecular flexibility index (Phi) is 3.40. The van der Waals surface area contributed by atoms with Crippen molar-refractivity contribution in [2.45, 2.75) is 26.2 Å². The monoisotopic (exact) mass is 391 g/mol. The van der Waals surface area contributed by atoms with Crippen molar-refractivity contribution in [1.82, 2.24) is 14.5 Å². The van der Waals surface area contributed by atoms with Crippen LogP contribution in [0.4, 0.5) is 0 Å². The lowest BCUT2D eigenvalue weighted by atomic mass is 9.95. The first kappa shape index (κ1) is 17.2. The van der Waals surface area contributed by atoms with Crippen LogP contribution in [-0.2, 0) is 5.41 Å². The molecule has 30 heavy (non-hydrogen) atoms. The van der Waals surface area contributed by atoms with Crippen LogP contribution in [0.1, 0.15) is 26.6 Å². The van der Waals surface area contributed by atoms with Gasteiger partial charge in [0, 0.05) is 21.6 Å². The third kappa shape index (κ3) is 2.34. The van der Waals surface area contributed by atoms with Crippen LogP contribution in [0.3, 0.4) is 0 Å². The van der Waals surface area contributed by atoms with E-state index in [0.29, 0.717) is 0 Å². The highest BCUT2D eigenvalue weighted by atomic mass is 16.3. The van der Waals surface area contributed by atoms with E-state index in [4.69, 9.17) is 14.4 Å². The van der Waals surface area contributed by atoms with Gasteiger partial charge in [0.2, 0.25) is 0 Å². The van der Waals surface area contributed by atoms with Gasteiger partial charge in [-0.25, -0.2) is 9.97 Å². The highest BCUT2D eigenvalue weighted by Crippen LogP contribution is 2.37. The number of para-hydroxylation sites is 3. The molecule has 0 aliphatic carbocycles. The molecule has 0 bridgehead atoms. The van der Waals surface area contributed by atoms with Crippen LogP contribution in [0.2, 0.25) is 0 Å². The van der Waals surface area contributed by atoms with E-state index in [2.05, 4.69) is 79.9 Å². The van der Waals surface area contributed by atoms with Crippen molar-refractivity contribution < 1.29 is 4.42 Å². The Balaban J connectivity index is 1.85. The molecular weight excluding hydrogens is 370 g/mol. The molecule has 0 amide bonds. The SMILES string of the molecule is CC(C)(C)c1nc(-n2c3ccccc3c3ccccc32)c2oc3ccccc3c2n1. The summed E-state index contributed by atoms with van der Waals surface area (Å²) in [6.45, 7) is 6.43. The molecule has 0 N–H and O–H groups in total. The van der Waals surface area contributed by atoms with E-state index < -0.39 is 0 Å². The van der Waals surface area contributed by atoms with Gasteiger partial charge < -0.3 is 4.42 Å². The van der Waals surface area contributed by atoms with E-state index in [0.717, 1.165) is 44.7 Å². The fraction of sp³-hybridized carbons (Fsp3) is 0.154. The van der Waals surface area contributed by atoms with Crippen molar-refractivity contribution >= 4 is 43.9 Å². The average Bonchev–Trinajstić information content (AvgIpc) is 3.28. The van der Waals surface area contributed by atoms with E-state index in [9.17, 15) is 0 Å². The Morgan fingerprint density at radius 3 is 1.90 bits per heavy atom. The molecule has 6 aromatic rings. The average molecular weight is 391 g/mol. The summed E-state index contributed by atoms with van der Waals surface area (Å²) in [6, 6.07) is 25.0. The van der Waals surface area contributed by atoms with Gasteiger partial charge in [-0.2, -0.15) is 0 Å². The van der Waals surface area contributed by atoms with Gasteiger partial charge in [0.05, 0.1) is 11.0 Å². The van der Waals surface area contributed by atoms with Crippen molar-refractivity contribution in [3.8, 4) is 5.82 Å². The molecule has 3 heterocycles. The zero-order valence-electron chi connectivity index (χ0n) is 17.2. The molecule has 0 aliphatic rings. The largest absolute Gasteiger partial charge is 0.450 e. The minimum atomic E-state index is -0.194. The second kappa shape index (κ2) is 5.92. The van der Waals surface area contributed by atoms with E-state index in [1.807, 2.05) is 18.2 Å². The van der Waals surface area contributed by atoms with Crippen LogP contribution in [0.15, 0.2) is 77.2 Å². The number of nitrogens with zero attached hydrogens (tertiary/aromatic N) is 3. The van der Waals surface area contributed by atoms with Crippen LogP contribution >= 0.6 is 0 Å². The van der Waals surface area contributed by atoms with Crippen LogP contribution in [0.5, 0.6) is 0 Å². The van der Waals surface area contributed by atoms with E-state index in [-0.39, 0.29) is 5.41 Å². The Morgan fingerprint density at radius 1 is 0.700 bits per heavy atom. The number of benzene rings is 3. The lowest BCUT2D eigenvalue weighted by Crippen LogP contribution is -2.17. The standard InChI is InChI=1S/C26H21N3O/c1-26(2,3)25-27-22-18-12-6-9-15-21(18)30-23(22)24(28-25)29-19-13-7-4-10-16(19)17-11-5-8-14-20(17)29/h4-15H,1-3H3. The predicted octanol–water partition coefficient (Wildman–Crippen LogP) is 6.77. The van der Waals surface area contributed by atoms with Gasteiger partial charge in [0.1, 0.15) is 16.9 Å². The van der Waals surface area contributed by atoms with Crippen LogP contribution < -0.4 is 0 Å². The molecule has 0 saturated heterocycles. The Labute approximate surface area is 173 Å². The molecule has 0 atom stereocenters. The first-order valence-corrected chi connectivity index (χ1v) is 10.2. The number of hydrogen-bond acceptors (Lipinski definition) is 3. The van der Waals surface area contributed by atoms with Crippen molar-refractivity contribution in [3.05, 3.63) is 78.6 Å². The number of furan rings is 1. The Morgan fingerprint density at radius 2 is 1.27 bits per heavy atom. The van der Waals surface area contributed by atoms with Crippen LogP contribution in [0.25, 0.3) is 49.7 Å². The quantitative estimate of drug-likeness (QED) is 0.311. The van der Waals surface area contributed by atoms with Gasteiger partial charge >= 0.3 is 0 Å². The number of fused-ring (bicyclic) bond motifs is 6. The number of rotatable bonds is 1. The molecule has 0 spiro atoms. The summed E-state index contributed by atoms with van der Waals surface area (Å²) in [5, 5.41) is 3.42. The summed E-state index contributed by atoms with van der Waals surface area (Å²) < 4.78 is 8.54. The molecule has 3 aromatic heterocycles. The smallest absolute Gasteiger partial charge is 0.197 e. The molecule has 146 valence electrons. The molecule has 3 aromatic carbocycles. The molecule has 4 heteroatoms. The van der Waals surface area contributed by atoms with Gasteiger partial charge in [-0.3, -0.25) is 4.57 Å². The molecule has 0 radical (unpaired) electrons. The maximum absolute atomic E-state index is 6.33. The van der Waals surface area contributed by atoms with Crippen molar-refractivity contribution in [1.29, 1.82) is 0 Å². The fourth-order valence-corrected chi connectivity index (χ4v) is 4.21. The molecule has 0 saturated carbocycles. The lowest BCUT2D eigenvalue weighted by molar-refractivity contribution is 0.545. The van der Waals surface area contributed by atoms with Crippen molar-refractivity contribution in [2.75, 3.05) is 0 Å². The van der Waals surface area contributed by atoms with Gasteiger partial charge in [-0.15, -0.1) is 0 Å². The van der Waals surface area contributed by atoms with Crippen LogP contribution in [-0.4, -0.2) is 14.5 Å². The summed E-state index contributed by atoms with van der Waals surface area (Å²) in [6.07, 6.45) is 0. The zero-order chi connectivity index (χ0) is 20.5. The number of hydrogen-bond donors (Lipinski definition) is 0. The second-order valence-electron chi connectivity index (χ2n) is 8.77. The van der Waals surface area contributed by atoms with Crippen molar-refractivity contribution in [3.63, 3.8) is 0 Å². The van der Waals surface area contributed by atoms with Gasteiger partial charge in [0.25, 0.3) is 0 Å². The summed E-state index contributed by atoms with van der Waals surface area (Å²) in [7, 11) is 0. The minimum absolute atomic E-state index is 0.194. The Bertz CT molecular complexity index is 1530. The van der Waals surface area contributed by atoms with E-state index in [1.54, 1.807) is 0 Å². The zero-order valence-corrected chi connectivity index (χ0v) is 17.2. The fourth-order valence-electron chi connectivity index (χ4n) is 4.21. The minimum Gasteiger partial charge on any atom is -0.450 e. The molecule has 0 fully saturated rings. The molecule has 6 rings (SSSR count). The topological polar surface area (TPSA) is 43.9 Å². The van der Waals surface area contributed by atoms with E-state index in [1.165, 1.54) is 10.8 Å². The lowest BCUT2D eigenvalue weighted by Gasteiger charge is -2.18. The predicted molar refractivity (Wildman–Crippen MR) is 122 cm³/mol. The van der Waals surface area contributed by atoms with Gasteiger partial charge in [-0.1, -0.05) is 69.3 Å². The maximum Gasteiger partial charge on any atom is 0.197 e.